The van der Waals surface area contributed by atoms with E-state index in [1.165, 1.54) is 4.90 Å². The summed E-state index contributed by atoms with van der Waals surface area (Å²) in [7, 11) is 0. The highest BCUT2D eigenvalue weighted by Gasteiger charge is 2.42. The molecule has 4 nitrogen and oxygen atoms in total. The zero-order valence-electron chi connectivity index (χ0n) is 11.4. The van der Waals surface area contributed by atoms with Crippen LogP contribution in [0, 0.1) is 6.92 Å². The summed E-state index contributed by atoms with van der Waals surface area (Å²) < 4.78 is 0. The molecule has 1 aliphatic rings. The summed E-state index contributed by atoms with van der Waals surface area (Å²) in [6, 6.07) is 10.7. The summed E-state index contributed by atoms with van der Waals surface area (Å²) in [4.78, 5) is 30.2. The van der Waals surface area contributed by atoms with Crippen molar-refractivity contribution < 1.29 is 9.59 Å². The number of carbonyl (C=O) groups excluding carboxylic acids is 2. The van der Waals surface area contributed by atoms with Crippen molar-refractivity contribution in [3.8, 4) is 0 Å². The average molecular weight is 301 g/mol. The first-order valence-electron chi connectivity index (χ1n) is 6.62. The zero-order chi connectivity index (χ0) is 15.0. The van der Waals surface area contributed by atoms with Gasteiger partial charge in [0.1, 0.15) is 5.82 Å². The van der Waals surface area contributed by atoms with Gasteiger partial charge in [0, 0.05) is 17.6 Å². The van der Waals surface area contributed by atoms with Crippen molar-refractivity contribution in [2.45, 2.75) is 19.3 Å². The largest absolute Gasteiger partial charge is 0.274 e. The fraction of sp³-hybridized carbons (Fsp3) is 0.188. The fourth-order valence-corrected chi connectivity index (χ4v) is 2.83. The van der Waals surface area contributed by atoms with Crippen molar-refractivity contribution in [3.63, 3.8) is 0 Å². The van der Waals surface area contributed by atoms with Crippen LogP contribution in [0.2, 0.25) is 5.02 Å². The van der Waals surface area contributed by atoms with Gasteiger partial charge in [0.25, 0.3) is 0 Å². The third-order valence-electron chi connectivity index (χ3n) is 3.62. The molecule has 1 unspecified atom stereocenters. The summed E-state index contributed by atoms with van der Waals surface area (Å²) in [5.74, 6) is -0.642. The smallest absolute Gasteiger partial charge is 0.243 e. The number of anilines is 1. The van der Waals surface area contributed by atoms with Gasteiger partial charge in [-0.05, 0) is 30.2 Å². The third kappa shape index (κ3) is 2.32. The molecule has 5 heteroatoms. The van der Waals surface area contributed by atoms with Gasteiger partial charge in [-0.1, -0.05) is 35.9 Å². The van der Waals surface area contributed by atoms with E-state index < -0.39 is 5.92 Å². The zero-order valence-corrected chi connectivity index (χ0v) is 12.2. The van der Waals surface area contributed by atoms with Gasteiger partial charge in [-0.2, -0.15) is 0 Å². The number of imide groups is 1. The van der Waals surface area contributed by atoms with Crippen molar-refractivity contribution in [3.05, 3.63) is 58.7 Å². The predicted molar refractivity (Wildman–Crippen MR) is 80.3 cm³/mol. The van der Waals surface area contributed by atoms with Gasteiger partial charge in [0.05, 0.1) is 5.92 Å². The Morgan fingerprint density at radius 3 is 2.67 bits per heavy atom. The van der Waals surface area contributed by atoms with Crippen LogP contribution in [0.5, 0.6) is 0 Å². The van der Waals surface area contributed by atoms with E-state index in [1.54, 1.807) is 30.5 Å². The molecule has 2 aromatic rings. The topological polar surface area (TPSA) is 50.3 Å². The molecule has 0 radical (unpaired) electrons. The Balaban J connectivity index is 2.01. The van der Waals surface area contributed by atoms with Gasteiger partial charge < -0.3 is 0 Å². The number of pyridine rings is 1. The minimum absolute atomic E-state index is 0.124. The SMILES string of the molecule is Cc1cccnc1N1C(=O)CC(c2ccccc2Cl)C1=O. The number of hydrogen-bond acceptors (Lipinski definition) is 3. The van der Waals surface area contributed by atoms with Crippen molar-refractivity contribution in [2.24, 2.45) is 0 Å². The molecule has 3 rings (SSSR count). The number of aryl methyl sites for hydroxylation is 1. The highest BCUT2D eigenvalue weighted by atomic mass is 35.5. The monoisotopic (exact) mass is 300 g/mol. The molecule has 0 saturated carbocycles. The lowest BCUT2D eigenvalue weighted by Crippen LogP contribution is -2.31. The minimum Gasteiger partial charge on any atom is -0.274 e. The fourth-order valence-electron chi connectivity index (χ4n) is 2.57. The maximum atomic E-state index is 12.6. The van der Waals surface area contributed by atoms with Gasteiger partial charge >= 0.3 is 0 Å². The number of rotatable bonds is 2. The molecule has 2 heterocycles. The van der Waals surface area contributed by atoms with E-state index in [2.05, 4.69) is 4.98 Å². The summed E-state index contributed by atoms with van der Waals surface area (Å²) in [5, 5.41) is 0.503. The number of aromatic nitrogens is 1. The summed E-state index contributed by atoms with van der Waals surface area (Å²) in [6.45, 7) is 1.83. The van der Waals surface area contributed by atoms with Gasteiger partial charge in [0.2, 0.25) is 11.8 Å². The Labute approximate surface area is 127 Å². The van der Waals surface area contributed by atoms with Crippen LogP contribution >= 0.6 is 11.6 Å². The minimum atomic E-state index is -0.535. The first kappa shape index (κ1) is 13.8. The van der Waals surface area contributed by atoms with E-state index in [-0.39, 0.29) is 18.2 Å². The van der Waals surface area contributed by atoms with Crippen LogP contribution in [-0.4, -0.2) is 16.8 Å². The Morgan fingerprint density at radius 2 is 1.95 bits per heavy atom. The second-order valence-corrected chi connectivity index (χ2v) is 5.40. The standard InChI is InChI=1S/C16H13ClN2O2/c1-10-5-4-8-18-15(10)19-14(20)9-12(16(19)21)11-6-2-3-7-13(11)17/h2-8,12H,9H2,1H3. The maximum absolute atomic E-state index is 12.6. The number of nitrogens with zero attached hydrogens (tertiary/aromatic N) is 2. The van der Waals surface area contributed by atoms with Crippen LogP contribution in [0.1, 0.15) is 23.5 Å². The van der Waals surface area contributed by atoms with E-state index >= 15 is 0 Å². The summed E-state index contributed by atoms with van der Waals surface area (Å²) in [5.41, 5.74) is 1.48. The molecule has 106 valence electrons. The Kier molecular flexibility index (Phi) is 3.47. The van der Waals surface area contributed by atoms with E-state index in [9.17, 15) is 9.59 Å². The first-order chi connectivity index (χ1) is 10.1. The molecule has 0 aliphatic carbocycles. The lowest BCUT2D eigenvalue weighted by atomic mass is 9.97. The lowest BCUT2D eigenvalue weighted by Gasteiger charge is -2.16. The predicted octanol–water partition coefficient (Wildman–Crippen LogP) is 3.09. The van der Waals surface area contributed by atoms with Crippen molar-refractivity contribution in [1.82, 2.24) is 4.98 Å². The average Bonchev–Trinajstić information content (AvgIpc) is 2.75. The van der Waals surface area contributed by atoms with Crippen LogP contribution in [-0.2, 0) is 9.59 Å². The Hall–Kier alpha value is -2.20. The number of halogens is 1. The van der Waals surface area contributed by atoms with Gasteiger partial charge in [-0.15, -0.1) is 0 Å². The van der Waals surface area contributed by atoms with Crippen LogP contribution < -0.4 is 4.90 Å². The molecule has 1 aliphatic heterocycles. The van der Waals surface area contributed by atoms with Gasteiger partial charge in [0.15, 0.2) is 0 Å². The van der Waals surface area contributed by atoms with E-state index in [0.29, 0.717) is 16.4 Å². The number of hydrogen-bond donors (Lipinski definition) is 0. The van der Waals surface area contributed by atoms with Gasteiger partial charge in [-0.3, -0.25) is 9.59 Å². The Bertz CT molecular complexity index is 730. The number of amides is 2. The maximum Gasteiger partial charge on any atom is 0.243 e. The second-order valence-electron chi connectivity index (χ2n) is 4.99. The molecule has 1 fully saturated rings. The third-order valence-corrected chi connectivity index (χ3v) is 3.97. The quantitative estimate of drug-likeness (QED) is 0.801. The Morgan fingerprint density at radius 1 is 1.19 bits per heavy atom. The van der Waals surface area contributed by atoms with Crippen molar-refractivity contribution >= 4 is 29.2 Å². The van der Waals surface area contributed by atoms with E-state index in [1.807, 2.05) is 19.1 Å². The van der Waals surface area contributed by atoms with E-state index in [4.69, 9.17) is 11.6 Å². The molecule has 1 atom stereocenters. The molecule has 0 bridgehead atoms. The van der Waals surface area contributed by atoms with Gasteiger partial charge in [-0.25, -0.2) is 9.88 Å². The molecule has 0 spiro atoms. The molecule has 1 saturated heterocycles. The molecular formula is C16H13ClN2O2. The highest BCUT2D eigenvalue weighted by Crippen LogP contribution is 2.36. The van der Waals surface area contributed by atoms with Crippen LogP contribution in [0.25, 0.3) is 0 Å². The molecule has 0 N–H and O–H groups in total. The summed E-state index contributed by atoms with van der Waals surface area (Å²) in [6.07, 6.45) is 1.70. The summed E-state index contributed by atoms with van der Waals surface area (Å²) >= 11 is 6.14. The number of carbonyl (C=O) groups is 2. The molecule has 2 amide bonds. The van der Waals surface area contributed by atoms with Crippen LogP contribution in [0.15, 0.2) is 42.6 Å². The van der Waals surface area contributed by atoms with Crippen molar-refractivity contribution in [2.75, 3.05) is 4.90 Å². The van der Waals surface area contributed by atoms with Crippen LogP contribution in [0.4, 0.5) is 5.82 Å². The molecule has 21 heavy (non-hydrogen) atoms. The number of benzene rings is 1. The molecule has 1 aromatic heterocycles. The highest BCUT2D eigenvalue weighted by molar-refractivity contribution is 6.32. The van der Waals surface area contributed by atoms with Crippen molar-refractivity contribution in [1.29, 1.82) is 0 Å². The normalized spacial score (nSPS) is 18.4. The van der Waals surface area contributed by atoms with E-state index in [0.717, 1.165) is 5.56 Å². The lowest BCUT2D eigenvalue weighted by molar-refractivity contribution is -0.121. The second kappa shape index (κ2) is 5.30. The molecule has 1 aromatic carbocycles. The molecular weight excluding hydrogens is 288 g/mol. The van der Waals surface area contributed by atoms with Crippen LogP contribution in [0.3, 0.4) is 0 Å². The first-order valence-corrected chi connectivity index (χ1v) is 7.00.